The molecule has 0 aromatic carbocycles. The number of carboxylic acids is 1. The van der Waals surface area contributed by atoms with Crippen LogP contribution in [0, 0.1) is 0 Å². The zero-order valence-corrected chi connectivity index (χ0v) is 10.5. The summed E-state index contributed by atoms with van der Waals surface area (Å²) in [5.41, 5.74) is -0.768. The van der Waals surface area contributed by atoms with Gasteiger partial charge in [0.15, 0.2) is 0 Å². The minimum absolute atomic E-state index is 0.131. The van der Waals surface area contributed by atoms with Gasteiger partial charge in [-0.2, -0.15) is 0 Å². The molecule has 0 aliphatic carbocycles. The van der Waals surface area contributed by atoms with Crippen molar-refractivity contribution in [1.82, 2.24) is 4.98 Å². The van der Waals surface area contributed by atoms with Crippen LogP contribution in [-0.4, -0.2) is 47.0 Å². The van der Waals surface area contributed by atoms with Crippen molar-refractivity contribution in [1.29, 1.82) is 0 Å². The third-order valence-corrected chi connectivity index (χ3v) is 2.51. The van der Waals surface area contributed by atoms with E-state index >= 15 is 0 Å². The second kappa shape index (κ2) is 6.32. The van der Waals surface area contributed by atoms with Gasteiger partial charge in [0.05, 0.1) is 11.2 Å². The fourth-order valence-corrected chi connectivity index (χ4v) is 1.32. The first kappa shape index (κ1) is 14.4. The molecule has 0 aliphatic heterocycles. The normalized spacial score (nSPS) is 13.9. The largest absolute Gasteiger partial charge is 0.478 e. The maximum atomic E-state index is 10.6. The molecule has 3 N–H and O–H groups in total. The first-order valence-electron chi connectivity index (χ1n) is 5.59. The number of methoxy groups -OCH3 is 1. The Morgan fingerprint density at radius 1 is 1.56 bits per heavy atom. The first-order valence-corrected chi connectivity index (χ1v) is 5.59. The van der Waals surface area contributed by atoms with Crippen LogP contribution in [0.15, 0.2) is 18.3 Å². The number of carbonyl (C=O) groups is 1. The molecule has 100 valence electrons. The van der Waals surface area contributed by atoms with E-state index in [-0.39, 0.29) is 5.56 Å². The predicted molar refractivity (Wildman–Crippen MR) is 66.8 cm³/mol. The molecule has 1 unspecified atom stereocenters. The minimum atomic E-state index is -1.01. The maximum Gasteiger partial charge on any atom is 0.337 e. The second-order valence-corrected chi connectivity index (χ2v) is 4.33. The van der Waals surface area contributed by atoms with Crippen molar-refractivity contribution >= 4 is 11.8 Å². The number of aromatic carboxylic acids is 1. The zero-order valence-electron chi connectivity index (χ0n) is 10.5. The van der Waals surface area contributed by atoms with E-state index in [0.717, 1.165) is 0 Å². The van der Waals surface area contributed by atoms with Crippen LogP contribution >= 0.6 is 0 Å². The Kier molecular flexibility index (Phi) is 5.06. The summed E-state index contributed by atoms with van der Waals surface area (Å²) >= 11 is 0. The lowest BCUT2D eigenvalue weighted by atomic mass is 10.0. The van der Waals surface area contributed by atoms with Gasteiger partial charge in [0, 0.05) is 32.9 Å². The van der Waals surface area contributed by atoms with Gasteiger partial charge in [-0.25, -0.2) is 9.78 Å². The molecule has 1 heterocycles. The molecule has 6 nitrogen and oxygen atoms in total. The summed E-state index contributed by atoms with van der Waals surface area (Å²) < 4.78 is 4.90. The number of anilines is 1. The van der Waals surface area contributed by atoms with Gasteiger partial charge >= 0.3 is 5.97 Å². The zero-order chi connectivity index (χ0) is 13.6. The number of nitrogens with zero attached hydrogens (tertiary/aromatic N) is 1. The van der Waals surface area contributed by atoms with Crippen molar-refractivity contribution in [2.24, 2.45) is 0 Å². The molecule has 0 fully saturated rings. The molecule has 0 saturated heterocycles. The fraction of sp³-hybridized carbons (Fsp3) is 0.500. The van der Waals surface area contributed by atoms with Crippen molar-refractivity contribution in [3.8, 4) is 0 Å². The lowest BCUT2D eigenvalue weighted by Gasteiger charge is -2.23. The van der Waals surface area contributed by atoms with Crippen molar-refractivity contribution in [3.63, 3.8) is 0 Å². The Morgan fingerprint density at radius 3 is 2.78 bits per heavy atom. The van der Waals surface area contributed by atoms with Crippen LogP contribution in [0.25, 0.3) is 0 Å². The van der Waals surface area contributed by atoms with E-state index < -0.39 is 11.6 Å². The third-order valence-electron chi connectivity index (χ3n) is 2.51. The van der Waals surface area contributed by atoms with Crippen molar-refractivity contribution in [3.05, 3.63) is 23.9 Å². The molecule has 0 bridgehead atoms. The van der Waals surface area contributed by atoms with Gasteiger partial charge in [-0.1, -0.05) is 0 Å². The van der Waals surface area contributed by atoms with Crippen molar-refractivity contribution in [2.45, 2.75) is 18.9 Å². The van der Waals surface area contributed by atoms with Crippen molar-refractivity contribution in [2.75, 3.05) is 25.6 Å². The number of aromatic nitrogens is 1. The van der Waals surface area contributed by atoms with Gasteiger partial charge in [-0.15, -0.1) is 0 Å². The molecule has 0 spiro atoms. The topological polar surface area (TPSA) is 91.7 Å². The Balaban J connectivity index is 2.50. The van der Waals surface area contributed by atoms with E-state index in [1.807, 2.05) is 0 Å². The Morgan fingerprint density at radius 2 is 2.28 bits per heavy atom. The van der Waals surface area contributed by atoms with Crippen LogP contribution in [0.2, 0.25) is 0 Å². The van der Waals surface area contributed by atoms with Crippen LogP contribution < -0.4 is 5.32 Å². The van der Waals surface area contributed by atoms with E-state index in [0.29, 0.717) is 25.4 Å². The van der Waals surface area contributed by atoms with Crippen LogP contribution in [0.5, 0.6) is 0 Å². The average molecular weight is 254 g/mol. The number of carboxylic acid groups (broad SMARTS) is 1. The number of pyridine rings is 1. The Hall–Kier alpha value is -1.66. The first-order chi connectivity index (χ1) is 8.44. The van der Waals surface area contributed by atoms with Gasteiger partial charge in [0.1, 0.15) is 5.82 Å². The fourth-order valence-electron chi connectivity index (χ4n) is 1.32. The number of hydrogen-bond donors (Lipinski definition) is 3. The van der Waals surface area contributed by atoms with Crippen LogP contribution in [0.1, 0.15) is 23.7 Å². The van der Waals surface area contributed by atoms with Crippen LogP contribution in [-0.2, 0) is 4.74 Å². The molecular weight excluding hydrogens is 236 g/mol. The molecule has 0 aliphatic rings. The number of hydrogen-bond acceptors (Lipinski definition) is 5. The van der Waals surface area contributed by atoms with Crippen molar-refractivity contribution < 1.29 is 19.7 Å². The van der Waals surface area contributed by atoms with E-state index in [1.165, 1.54) is 12.3 Å². The molecule has 0 amide bonds. The van der Waals surface area contributed by atoms with E-state index in [4.69, 9.17) is 9.84 Å². The summed E-state index contributed by atoms with van der Waals surface area (Å²) in [6.07, 6.45) is 1.78. The number of ether oxygens (including phenoxy) is 1. The number of nitrogens with one attached hydrogen (secondary N) is 1. The quantitative estimate of drug-likeness (QED) is 0.671. The molecule has 18 heavy (non-hydrogen) atoms. The van der Waals surface area contributed by atoms with Gasteiger partial charge in [-0.05, 0) is 19.1 Å². The molecule has 1 rings (SSSR count). The second-order valence-electron chi connectivity index (χ2n) is 4.33. The standard InChI is InChI=1S/C12H18N2O4/c1-12(17,5-6-18-2)8-14-10-4-3-9(7-13-10)11(15)16/h3-4,7,17H,5-6,8H2,1-2H3,(H,13,14)(H,15,16). The molecule has 6 heteroatoms. The number of aliphatic hydroxyl groups is 1. The highest BCUT2D eigenvalue weighted by molar-refractivity contribution is 5.87. The molecule has 1 aromatic rings. The Labute approximate surface area is 106 Å². The van der Waals surface area contributed by atoms with E-state index in [1.54, 1.807) is 20.1 Å². The predicted octanol–water partition coefficient (Wildman–Crippen LogP) is 0.979. The average Bonchev–Trinajstić information content (AvgIpc) is 2.35. The Bertz CT molecular complexity index is 390. The summed E-state index contributed by atoms with van der Waals surface area (Å²) in [5, 5.41) is 21.7. The van der Waals surface area contributed by atoms with E-state index in [2.05, 4.69) is 10.3 Å². The summed E-state index contributed by atoms with van der Waals surface area (Å²) in [7, 11) is 1.58. The van der Waals surface area contributed by atoms with Gasteiger partial charge < -0.3 is 20.3 Å². The van der Waals surface area contributed by atoms with Crippen LogP contribution in [0.3, 0.4) is 0 Å². The van der Waals surface area contributed by atoms with E-state index in [9.17, 15) is 9.90 Å². The summed E-state index contributed by atoms with van der Waals surface area (Å²) in [5.74, 6) is -0.487. The van der Waals surface area contributed by atoms with Crippen LogP contribution in [0.4, 0.5) is 5.82 Å². The summed E-state index contributed by atoms with van der Waals surface area (Å²) in [6, 6.07) is 3.03. The minimum Gasteiger partial charge on any atom is -0.478 e. The summed E-state index contributed by atoms with van der Waals surface area (Å²) in [6.45, 7) is 2.49. The third kappa shape index (κ3) is 4.68. The lowest BCUT2D eigenvalue weighted by Crippen LogP contribution is -2.34. The van der Waals surface area contributed by atoms with Gasteiger partial charge in [0.2, 0.25) is 0 Å². The SMILES string of the molecule is COCCC(C)(O)CNc1ccc(C(=O)O)cn1. The monoisotopic (exact) mass is 254 g/mol. The highest BCUT2D eigenvalue weighted by Crippen LogP contribution is 2.11. The lowest BCUT2D eigenvalue weighted by molar-refractivity contribution is 0.0356. The summed E-state index contributed by atoms with van der Waals surface area (Å²) in [4.78, 5) is 14.6. The molecule has 0 radical (unpaired) electrons. The maximum absolute atomic E-state index is 10.6. The van der Waals surface area contributed by atoms with Gasteiger partial charge in [0.25, 0.3) is 0 Å². The van der Waals surface area contributed by atoms with Gasteiger partial charge in [-0.3, -0.25) is 0 Å². The molecule has 1 aromatic heterocycles. The number of rotatable bonds is 7. The molecule has 1 atom stereocenters. The molecule has 0 saturated carbocycles. The highest BCUT2D eigenvalue weighted by Gasteiger charge is 2.19. The smallest absolute Gasteiger partial charge is 0.337 e. The highest BCUT2D eigenvalue weighted by atomic mass is 16.5. The molecular formula is C12H18N2O4.